The maximum absolute atomic E-state index is 12.7. The summed E-state index contributed by atoms with van der Waals surface area (Å²) < 4.78 is 25.3. The van der Waals surface area contributed by atoms with Gasteiger partial charge in [0.15, 0.2) is 0 Å². The number of carbonyl (C=O) groups is 1. The molecule has 128 valence electrons. The van der Waals surface area contributed by atoms with Crippen LogP contribution >= 0.6 is 0 Å². The Morgan fingerprint density at radius 1 is 0.769 bits per heavy atom. The minimum atomic E-state index is -3.79. The molecule has 5 heteroatoms. The molecule has 4 nitrogen and oxygen atoms in total. The SMILES string of the molecule is O=C(Nc1ccccc1-c1ccccc1)C1=Cc2ccccc2S1(=O)=O. The van der Waals surface area contributed by atoms with E-state index in [1.165, 1.54) is 12.1 Å². The van der Waals surface area contributed by atoms with E-state index in [9.17, 15) is 13.2 Å². The molecular formula is C21H15NO3S. The summed E-state index contributed by atoms with van der Waals surface area (Å²) in [4.78, 5) is 12.7. The minimum absolute atomic E-state index is 0.168. The van der Waals surface area contributed by atoms with Crippen molar-refractivity contribution in [2.45, 2.75) is 4.90 Å². The third-order valence-corrected chi connectivity index (χ3v) is 6.10. The number of benzene rings is 3. The minimum Gasteiger partial charge on any atom is -0.321 e. The predicted molar refractivity (Wildman–Crippen MR) is 102 cm³/mol. The van der Waals surface area contributed by atoms with Crippen molar-refractivity contribution in [3.05, 3.63) is 89.3 Å². The van der Waals surface area contributed by atoms with Crippen LogP contribution in [0.3, 0.4) is 0 Å². The van der Waals surface area contributed by atoms with Gasteiger partial charge in [0.05, 0.1) is 4.90 Å². The van der Waals surface area contributed by atoms with Crippen LogP contribution in [0.15, 0.2) is 88.7 Å². The van der Waals surface area contributed by atoms with Crippen molar-refractivity contribution in [1.82, 2.24) is 0 Å². The molecule has 0 radical (unpaired) electrons. The monoisotopic (exact) mass is 361 g/mol. The first kappa shape index (κ1) is 16.3. The second kappa shape index (κ2) is 6.28. The van der Waals surface area contributed by atoms with Crippen LogP contribution in [0.1, 0.15) is 5.56 Å². The van der Waals surface area contributed by atoms with Crippen LogP contribution < -0.4 is 5.32 Å². The van der Waals surface area contributed by atoms with Gasteiger partial charge in [-0.1, -0.05) is 66.7 Å². The first-order chi connectivity index (χ1) is 12.6. The van der Waals surface area contributed by atoms with E-state index in [-0.39, 0.29) is 9.80 Å². The van der Waals surface area contributed by atoms with E-state index in [0.29, 0.717) is 11.3 Å². The normalized spacial score (nSPS) is 14.4. The van der Waals surface area contributed by atoms with Crippen molar-refractivity contribution >= 4 is 27.5 Å². The van der Waals surface area contributed by atoms with E-state index in [0.717, 1.165) is 11.1 Å². The first-order valence-corrected chi connectivity index (χ1v) is 9.57. The number of hydrogen-bond acceptors (Lipinski definition) is 3. The molecule has 0 bridgehead atoms. The molecule has 0 saturated carbocycles. The molecule has 0 aliphatic carbocycles. The molecule has 3 aromatic rings. The third kappa shape index (κ3) is 2.72. The van der Waals surface area contributed by atoms with Gasteiger partial charge in [-0.05, 0) is 29.3 Å². The molecule has 0 aromatic heterocycles. The summed E-state index contributed by atoms with van der Waals surface area (Å²) in [5.41, 5.74) is 2.87. The van der Waals surface area contributed by atoms with Crippen molar-refractivity contribution in [1.29, 1.82) is 0 Å². The number of nitrogens with one attached hydrogen (secondary N) is 1. The molecule has 1 heterocycles. The van der Waals surface area contributed by atoms with Gasteiger partial charge in [-0.3, -0.25) is 4.79 Å². The number of anilines is 1. The molecule has 0 atom stereocenters. The number of hydrogen-bond donors (Lipinski definition) is 1. The van der Waals surface area contributed by atoms with Crippen LogP contribution in [0.25, 0.3) is 17.2 Å². The van der Waals surface area contributed by atoms with Crippen molar-refractivity contribution in [2.24, 2.45) is 0 Å². The van der Waals surface area contributed by atoms with Crippen molar-refractivity contribution in [3.8, 4) is 11.1 Å². The lowest BCUT2D eigenvalue weighted by molar-refractivity contribution is -0.112. The van der Waals surface area contributed by atoms with Gasteiger partial charge < -0.3 is 5.32 Å². The molecule has 1 aliphatic heterocycles. The van der Waals surface area contributed by atoms with E-state index in [1.54, 1.807) is 30.3 Å². The van der Waals surface area contributed by atoms with Gasteiger partial charge in [0.1, 0.15) is 4.91 Å². The van der Waals surface area contributed by atoms with Gasteiger partial charge in [0.2, 0.25) is 9.84 Å². The first-order valence-electron chi connectivity index (χ1n) is 8.09. The Hall–Kier alpha value is -3.18. The molecule has 0 spiro atoms. The van der Waals surface area contributed by atoms with Gasteiger partial charge in [0.25, 0.3) is 5.91 Å². The lowest BCUT2D eigenvalue weighted by Crippen LogP contribution is -2.19. The summed E-state index contributed by atoms with van der Waals surface area (Å²) in [6.07, 6.45) is 1.42. The fourth-order valence-corrected chi connectivity index (χ4v) is 4.52. The fraction of sp³-hybridized carbons (Fsp3) is 0. The zero-order chi connectivity index (χ0) is 18.1. The molecule has 26 heavy (non-hydrogen) atoms. The zero-order valence-corrected chi connectivity index (χ0v) is 14.5. The van der Waals surface area contributed by atoms with Crippen LogP contribution in [0.5, 0.6) is 0 Å². The van der Waals surface area contributed by atoms with Gasteiger partial charge in [-0.25, -0.2) is 8.42 Å². The van der Waals surface area contributed by atoms with E-state index < -0.39 is 15.7 Å². The van der Waals surface area contributed by atoms with Gasteiger partial charge in [-0.2, -0.15) is 0 Å². The molecule has 0 unspecified atom stereocenters. The highest BCUT2D eigenvalue weighted by molar-refractivity contribution is 7.96. The Bertz CT molecular complexity index is 1130. The van der Waals surface area contributed by atoms with E-state index in [1.807, 2.05) is 42.5 Å². The maximum Gasteiger partial charge on any atom is 0.267 e. The summed E-state index contributed by atoms with van der Waals surface area (Å²) in [7, 11) is -3.79. The number of amides is 1. The molecule has 0 saturated heterocycles. The fourth-order valence-electron chi connectivity index (χ4n) is 3.01. The predicted octanol–water partition coefficient (Wildman–Crippen LogP) is 4.12. The van der Waals surface area contributed by atoms with Crippen LogP contribution in [0, 0.1) is 0 Å². The largest absolute Gasteiger partial charge is 0.321 e. The molecule has 1 N–H and O–H groups in total. The van der Waals surface area contributed by atoms with Gasteiger partial charge >= 0.3 is 0 Å². The Kier molecular flexibility index (Phi) is 3.93. The quantitative estimate of drug-likeness (QED) is 0.763. The summed E-state index contributed by atoms with van der Waals surface area (Å²) in [6, 6.07) is 23.5. The van der Waals surface area contributed by atoms with E-state index in [2.05, 4.69) is 5.32 Å². The highest BCUT2D eigenvalue weighted by Gasteiger charge is 2.34. The van der Waals surface area contributed by atoms with Crippen LogP contribution in [0.4, 0.5) is 5.69 Å². The number of fused-ring (bicyclic) bond motifs is 1. The second-order valence-electron chi connectivity index (χ2n) is 5.92. The zero-order valence-electron chi connectivity index (χ0n) is 13.7. The van der Waals surface area contributed by atoms with Crippen molar-refractivity contribution in [2.75, 3.05) is 5.32 Å². The molecule has 1 amide bonds. The van der Waals surface area contributed by atoms with Gasteiger partial charge in [0, 0.05) is 11.3 Å². The van der Waals surface area contributed by atoms with Crippen LogP contribution in [0.2, 0.25) is 0 Å². The lowest BCUT2D eigenvalue weighted by atomic mass is 10.0. The molecule has 4 rings (SSSR count). The van der Waals surface area contributed by atoms with Crippen LogP contribution in [-0.2, 0) is 14.6 Å². The highest BCUT2D eigenvalue weighted by atomic mass is 32.2. The summed E-state index contributed by atoms with van der Waals surface area (Å²) in [5.74, 6) is -0.635. The number of rotatable bonds is 3. The molecule has 0 fully saturated rings. The molecule has 1 aliphatic rings. The number of para-hydroxylation sites is 1. The standard InChI is InChI=1S/C21H15NO3S/c23-21(20-14-16-10-4-7-13-19(16)26(20,24)25)22-18-12-6-5-11-17(18)15-8-2-1-3-9-15/h1-14H,(H,22,23). The van der Waals surface area contributed by atoms with Crippen molar-refractivity contribution in [3.63, 3.8) is 0 Å². The number of carbonyl (C=O) groups excluding carboxylic acids is 1. The molecular weight excluding hydrogens is 346 g/mol. The number of sulfone groups is 1. The average Bonchev–Trinajstić information content (AvgIpc) is 2.94. The summed E-state index contributed by atoms with van der Waals surface area (Å²) in [5, 5.41) is 2.76. The smallest absolute Gasteiger partial charge is 0.267 e. The Balaban J connectivity index is 1.69. The van der Waals surface area contributed by atoms with E-state index >= 15 is 0 Å². The Morgan fingerprint density at radius 2 is 1.42 bits per heavy atom. The highest BCUT2D eigenvalue weighted by Crippen LogP contribution is 2.34. The van der Waals surface area contributed by atoms with Crippen LogP contribution in [-0.4, -0.2) is 14.3 Å². The lowest BCUT2D eigenvalue weighted by Gasteiger charge is -2.11. The topological polar surface area (TPSA) is 63.2 Å². The average molecular weight is 361 g/mol. The third-order valence-electron chi connectivity index (χ3n) is 4.27. The summed E-state index contributed by atoms with van der Waals surface area (Å²) in [6.45, 7) is 0. The Labute approximate surface area is 151 Å². The van der Waals surface area contributed by atoms with E-state index in [4.69, 9.17) is 0 Å². The second-order valence-corrected chi connectivity index (χ2v) is 7.80. The maximum atomic E-state index is 12.7. The van der Waals surface area contributed by atoms with Gasteiger partial charge in [-0.15, -0.1) is 0 Å². The summed E-state index contributed by atoms with van der Waals surface area (Å²) >= 11 is 0. The molecule has 3 aromatic carbocycles. The Morgan fingerprint density at radius 3 is 2.19 bits per heavy atom. The van der Waals surface area contributed by atoms with Crippen molar-refractivity contribution < 1.29 is 13.2 Å².